The average Bonchev–Trinajstić information content (AvgIpc) is 3.01. The van der Waals surface area contributed by atoms with Gasteiger partial charge in [-0.2, -0.15) is 0 Å². The Labute approximate surface area is 110 Å². The summed E-state index contributed by atoms with van der Waals surface area (Å²) in [5.74, 6) is -1.49. The molecule has 0 aliphatic heterocycles. The van der Waals surface area contributed by atoms with E-state index >= 15 is 0 Å². The Morgan fingerprint density at radius 1 is 0.947 bits per heavy atom. The first-order valence-electron chi connectivity index (χ1n) is 5.93. The first-order chi connectivity index (χ1) is 9.15. The van der Waals surface area contributed by atoms with Crippen molar-refractivity contribution < 1.29 is 24.2 Å². The number of ether oxygens (including phenoxy) is 2. The third-order valence-corrected chi connectivity index (χ3v) is 2.58. The van der Waals surface area contributed by atoms with Crippen molar-refractivity contribution in [1.82, 2.24) is 0 Å². The van der Waals surface area contributed by atoms with E-state index in [1.165, 1.54) is 0 Å². The zero-order valence-corrected chi connectivity index (χ0v) is 10.1. The molecule has 19 heavy (non-hydrogen) atoms. The normalized spacial score (nSPS) is 19.0. The van der Waals surface area contributed by atoms with Crippen molar-refractivity contribution in [3.05, 3.63) is 48.6 Å². The maximum absolute atomic E-state index is 11.5. The molecular formula is C14H14O5. The van der Waals surface area contributed by atoms with E-state index in [0.717, 1.165) is 0 Å². The van der Waals surface area contributed by atoms with Gasteiger partial charge in [-0.25, -0.2) is 4.79 Å². The molecule has 0 heterocycles. The molecule has 2 aliphatic carbocycles. The maximum atomic E-state index is 11.5. The topological polar surface area (TPSA) is 72.8 Å². The molecule has 2 rings (SSSR count). The maximum Gasteiger partial charge on any atom is 0.336 e. The van der Waals surface area contributed by atoms with Crippen molar-refractivity contribution in [1.29, 1.82) is 0 Å². The Kier molecular flexibility index (Phi) is 4.30. The van der Waals surface area contributed by atoms with E-state index in [9.17, 15) is 14.7 Å². The lowest BCUT2D eigenvalue weighted by atomic mass is 10.2. The Balaban J connectivity index is 1.74. The van der Waals surface area contributed by atoms with Gasteiger partial charge in [0.1, 0.15) is 12.2 Å². The lowest BCUT2D eigenvalue weighted by Gasteiger charge is -2.14. The third kappa shape index (κ3) is 3.93. The van der Waals surface area contributed by atoms with Gasteiger partial charge in [0.05, 0.1) is 6.42 Å². The summed E-state index contributed by atoms with van der Waals surface area (Å²) >= 11 is 0. The first kappa shape index (κ1) is 13.3. The molecule has 1 atom stereocenters. The Morgan fingerprint density at radius 2 is 1.42 bits per heavy atom. The van der Waals surface area contributed by atoms with Crippen molar-refractivity contribution in [3.8, 4) is 0 Å². The minimum atomic E-state index is -1.51. The number of hydrogen-bond donors (Lipinski definition) is 1. The van der Waals surface area contributed by atoms with E-state index < -0.39 is 36.7 Å². The molecule has 1 N–H and O–H groups in total. The second-order valence-electron chi connectivity index (χ2n) is 4.12. The van der Waals surface area contributed by atoms with Crippen LogP contribution >= 0.6 is 0 Å². The van der Waals surface area contributed by atoms with E-state index in [0.29, 0.717) is 0 Å². The summed E-state index contributed by atoms with van der Waals surface area (Å²) in [6.07, 6.45) is 10.9. The highest BCUT2D eigenvalue weighted by Crippen LogP contribution is 2.10. The van der Waals surface area contributed by atoms with Crippen molar-refractivity contribution >= 4 is 11.9 Å². The summed E-state index contributed by atoms with van der Waals surface area (Å²) < 4.78 is 9.94. The van der Waals surface area contributed by atoms with Crippen LogP contribution in [0.15, 0.2) is 48.6 Å². The van der Waals surface area contributed by atoms with Crippen LogP contribution in [0.4, 0.5) is 0 Å². The minimum absolute atomic E-state index is 0.419. The molecule has 5 nitrogen and oxygen atoms in total. The zero-order chi connectivity index (χ0) is 13.7. The van der Waals surface area contributed by atoms with Crippen LogP contribution in [-0.2, 0) is 19.1 Å². The van der Waals surface area contributed by atoms with Gasteiger partial charge in [-0.05, 0) is 24.3 Å². The number of hydrogen-bond acceptors (Lipinski definition) is 5. The smallest absolute Gasteiger partial charge is 0.336 e. The number of allylic oxidation sites excluding steroid dienone is 4. The molecule has 0 radical (unpaired) electrons. The molecule has 0 fully saturated rings. The summed E-state index contributed by atoms with van der Waals surface area (Å²) in [5, 5.41) is 9.56. The molecule has 0 bridgehead atoms. The first-order valence-corrected chi connectivity index (χ1v) is 5.93. The van der Waals surface area contributed by atoms with Crippen LogP contribution in [0.1, 0.15) is 6.42 Å². The van der Waals surface area contributed by atoms with Crippen LogP contribution in [0.3, 0.4) is 0 Å². The number of rotatable bonds is 5. The second-order valence-corrected chi connectivity index (χ2v) is 4.12. The molecule has 0 saturated carbocycles. The Bertz CT molecular complexity index is 448. The monoisotopic (exact) mass is 262 g/mol. The summed E-state index contributed by atoms with van der Waals surface area (Å²) in [4.78, 5) is 23.0. The van der Waals surface area contributed by atoms with Gasteiger partial charge in [-0.15, -0.1) is 0 Å². The van der Waals surface area contributed by atoms with E-state index in [4.69, 9.17) is 9.47 Å². The molecule has 2 aliphatic rings. The summed E-state index contributed by atoms with van der Waals surface area (Å²) in [5.41, 5.74) is 0. The summed E-state index contributed by atoms with van der Waals surface area (Å²) in [6.45, 7) is 0. The van der Waals surface area contributed by atoms with Crippen LogP contribution in [-0.4, -0.2) is 35.4 Å². The number of aliphatic hydroxyl groups excluding tert-OH is 1. The fourth-order valence-electron chi connectivity index (χ4n) is 1.63. The van der Waals surface area contributed by atoms with Gasteiger partial charge in [0, 0.05) is 0 Å². The van der Waals surface area contributed by atoms with E-state index in [1.807, 2.05) is 0 Å². The number of esters is 2. The molecule has 0 aromatic heterocycles. The van der Waals surface area contributed by atoms with Gasteiger partial charge in [0.25, 0.3) is 0 Å². The van der Waals surface area contributed by atoms with Crippen molar-refractivity contribution in [2.45, 2.75) is 24.7 Å². The number of carbonyl (C=O) groups is 2. The Hall–Kier alpha value is -2.14. The van der Waals surface area contributed by atoms with E-state index in [1.54, 1.807) is 48.6 Å². The molecule has 5 heteroatoms. The van der Waals surface area contributed by atoms with Crippen molar-refractivity contribution in [3.63, 3.8) is 0 Å². The Morgan fingerprint density at radius 3 is 1.95 bits per heavy atom. The highest BCUT2D eigenvalue weighted by atomic mass is 16.6. The SMILES string of the molecule is O=C(CC(O)C(=O)OC1C=CC=C1)OC1C=CC=C1. The third-order valence-electron chi connectivity index (χ3n) is 2.58. The predicted octanol–water partition coefficient (Wildman–Crippen LogP) is 0.813. The minimum Gasteiger partial charge on any atom is -0.454 e. The van der Waals surface area contributed by atoms with Crippen LogP contribution in [0, 0.1) is 0 Å². The lowest BCUT2D eigenvalue weighted by molar-refractivity contribution is -0.161. The van der Waals surface area contributed by atoms with Crippen LogP contribution in [0.25, 0.3) is 0 Å². The predicted molar refractivity (Wildman–Crippen MR) is 66.9 cm³/mol. The molecule has 0 aromatic carbocycles. The highest BCUT2D eigenvalue weighted by Gasteiger charge is 2.24. The number of carbonyl (C=O) groups excluding carboxylic acids is 2. The molecule has 0 saturated heterocycles. The fraction of sp³-hybridized carbons (Fsp3) is 0.286. The van der Waals surface area contributed by atoms with Gasteiger partial charge in [-0.1, -0.05) is 24.3 Å². The second kappa shape index (κ2) is 6.15. The van der Waals surface area contributed by atoms with Gasteiger partial charge in [0.15, 0.2) is 6.10 Å². The molecule has 0 amide bonds. The van der Waals surface area contributed by atoms with Gasteiger partial charge in [0.2, 0.25) is 0 Å². The molecule has 100 valence electrons. The van der Waals surface area contributed by atoms with Gasteiger partial charge in [-0.3, -0.25) is 4.79 Å². The quantitative estimate of drug-likeness (QED) is 0.742. The van der Waals surface area contributed by atoms with Crippen LogP contribution < -0.4 is 0 Å². The van der Waals surface area contributed by atoms with Crippen molar-refractivity contribution in [2.75, 3.05) is 0 Å². The van der Waals surface area contributed by atoms with E-state index in [2.05, 4.69) is 0 Å². The fourth-order valence-corrected chi connectivity index (χ4v) is 1.63. The van der Waals surface area contributed by atoms with Crippen LogP contribution in [0.5, 0.6) is 0 Å². The van der Waals surface area contributed by atoms with Gasteiger partial charge < -0.3 is 14.6 Å². The lowest BCUT2D eigenvalue weighted by Crippen LogP contribution is -2.29. The summed E-state index contributed by atoms with van der Waals surface area (Å²) in [7, 11) is 0. The molecular weight excluding hydrogens is 248 g/mol. The van der Waals surface area contributed by atoms with Crippen molar-refractivity contribution in [2.24, 2.45) is 0 Å². The molecule has 0 aromatic rings. The largest absolute Gasteiger partial charge is 0.454 e. The van der Waals surface area contributed by atoms with Gasteiger partial charge >= 0.3 is 11.9 Å². The van der Waals surface area contributed by atoms with E-state index in [-0.39, 0.29) is 0 Å². The molecule has 1 unspecified atom stereocenters. The summed E-state index contributed by atoms with van der Waals surface area (Å²) in [6, 6.07) is 0. The number of aliphatic hydroxyl groups is 1. The molecule has 0 spiro atoms. The standard InChI is InChI=1S/C14H14O5/c15-12(14(17)19-11-7-3-4-8-11)9-13(16)18-10-5-1-2-6-10/h1-8,10-12,15H,9H2. The highest BCUT2D eigenvalue weighted by molar-refractivity contribution is 5.82. The van der Waals surface area contributed by atoms with Crippen LogP contribution in [0.2, 0.25) is 0 Å². The zero-order valence-electron chi connectivity index (χ0n) is 10.1. The average molecular weight is 262 g/mol.